The van der Waals surface area contributed by atoms with Gasteiger partial charge < -0.3 is 49.8 Å². The quantitative estimate of drug-likeness (QED) is 0.0283. The second kappa shape index (κ2) is 28.3. The average molecular weight is 1330 g/mol. The molecule has 23 nitrogen and oxygen atoms in total. The fourth-order valence-electron chi connectivity index (χ4n) is 14.1. The van der Waals surface area contributed by atoms with Crippen molar-refractivity contribution in [3.63, 3.8) is 0 Å². The maximum Gasteiger partial charge on any atom is 0.303 e. The number of carbonyl (C=O) groups excluding carboxylic acids is 9. The summed E-state index contributed by atoms with van der Waals surface area (Å²) in [5.41, 5.74) is 16.2. The molecular formula is C72H83N8O15P. The smallest absolute Gasteiger partial charge is 0.303 e. The van der Waals surface area contributed by atoms with Crippen LogP contribution in [0, 0.1) is 24.0 Å². The Morgan fingerprint density at radius 3 is 1.76 bits per heavy atom. The number of methoxy groups -OCH3 is 1. The largest absolute Gasteiger partial charge is 0.456 e. The van der Waals surface area contributed by atoms with Crippen molar-refractivity contribution in [2.24, 2.45) is 0 Å². The molecule has 0 spiro atoms. The van der Waals surface area contributed by atoms with Crippen molar-refractivity contribution in [1.82, 2.24) is 34.7 Å². The molecule has 0 amide bonds. The van der Waals surface area contributed by atoms with Crippen molar-refractivity contribution < 1.29 is 67.8 Å². The Morgan fingerprint density at radius 2 is 1.20 bits per heavy atom. The van der Waals surface area contributed by atoms with Crippen molar-refractivity contribution in [2.45, 2.75) is 152 Å². The minimum absolute atomic E-state index is 0. The summed E-state index contributed by atoms with van der Waals surface area (Å²) in [5, 5.41) is 35.5. The number of aliphatic hydroxyl groups is 2. The lowest BCUT2D eigenvalue weighted by Crippen LogP contribution is -2.29. The van der Waals surface area contributed by atoms with Gasteiger partial charge in [0.2, 0.25) is 23.3 Å². The molecule has 2 fully saturated rings. The molecule has 7 aromatic rings. The Hall–Kier alpha value is -9.12. The number of aromatic nitrogens is 5. The highest BCUT2D eigenvalue weighted by molar-refractivity contribution is 7.15. The maximum atomic E-state index is 13.1. The van der Waals surface area contributed by atoms with Crippen LogP contribution in [0.15, 0.2) is 64.9 Å². The number of aromatic amines is 4. The van der Waals surface area contributed by atoms with Gasteiger partial charge >= 0.3 is 5.97 Å². The van der Waals surface area contributed by atoms with Crippen LogP contribution in [0.3, 0.4) is 0 Å². The highest BCUT2D eigenvalue weighted by atomic mass is 31.0. The van der Waals surface area contributed by atoms with E-state index in [1.54, 1.807) is 40.9 Å². The van der Waals surface area contributed by atoms with E-state index in [1.165, 1.54) is 60.2 Å². The molecule has 17 rings (SSSR count). The van der Waals surface area contributed by atoms with E-state index in [0.29, 0.717) is 133 Å². The summed E-state index contributed by atoms with van der Waals surface area (Å²) in [6.45, 7) is 17.3. The first kappa shape index (κ1) is 69.7. The number of aliphatic hydroxyl groups excluding tert-OH is 2. The molecule has 5 aromatic heterocycles. The van der Waals surface area contributed by atoms with Crippen LogP contribution in [0.5, 0.6) is 0 Å². The molecule has 7 N–H and O–H groups in total. The van der Waals surface area contributed by atoms with Crippen LogP contribution < -0.4 is 5.32 Å². The molecule has 5 unspecified atom stereocenters. The summed E-state index contributed by atoms with van der Waals surface area (Å²) in [4.78, 5) is 134. The van der Waals surface area contributed by atoms with E-state index in [2.05, 4.69) is 50.4 Å². The zero-order chi connectivity index (χ0) is 68.3. The number of nitrogens with zero attached hydrogens (tertiary/aromatic N) is 3. The fourth-order valence-corrected chi connectivity index (χ4v) is 14.1. The van der Waals surface area contributed by atoms with Gasteiger partial charge in [-0.1, -0.05) is 39.2 Å². The Morgan fingerprint density at radius 1 is 0.656 bits per heavy atom. The Labute approximate surface area is 558 Å². The summed E-state index contributed by atoms with van der Waals surface area (Å²) < 4.78 is 18.2. The van der Waals surface area contributed by atoms with Crippen LogP contribution in [0.4, 0.5) is 5.69 Å². The number of rotatable bonds is 4. The number of allylic oxidation sites excluding steroid dienone is 6. The van der Waals surface area contributed by atoms with Crippen LogP contribution in [-0.4, -0.2) is 138 Å². The van der Waals surface area contributed by atoms with E-state index >= 15 is 0 Å². The molecule has 2 aromatic carbocycles. The zero-order valence-electron chi connectivity index (χ0n) is 54.8. The van der Waals surface area contributed by atoms with Gasteiger partial charge in [-0.15, -0.1) is 9.18 Å². The van der Waals surface area contributed by atoms with Crippen molar-refractivity contribution >= 4 is 89.0 Å². The number of aryl methyl sites for hydroxylation is 4. The summed E-state index contributed by atoms with van der Waals surface area (Å²) in [6, 6.07) is 9.85. The summed E-state index contributed by atoms with van der Waals surface area (Å²) in [6.07, 6.45) is 7.92. The van der Waals surface area contributed by atoms with Gasteiger partial charge in [0, 0.05) is 104 Å². The summed E-state index contributed by atoms with van der Waals surface area (Å²) >= 11 is 0. The molecule has 24 heteroatoms. The number of fused-ring (bicyclic) bond motifs is 15. The highest BCUT2D eigenvalue weighted by Crippen LogP contribution is 2.46. The number of nitrogens with one attached hydrogen (secondary N) is 5. The Kier molecular flexibility index (Phi) is 20.5. The molecule has 2 saturated heterocycles. The third-order valence-corrected chi connectivity index (χ3v) is 18.6. The van der Waals surface area contributed by atoms with Crippen LogP contribution in [-0.2, 0) is 46.4 Å². The van der Waals surface area contributed by atoms with Gasteiger partial charge in [0.15, 0.2) is 23.1 Å². The van der Waals surface area contributed by atoms with Gasteiger partial charge in [0.05, 0.1) is 80.6 Å². The van der Waals surface area contributed by atoms with E-state index in [1.807, 2.05) is 17.6 Å². The molecule has 0 radical (unpaired) electrons. The van der Waals surface area contributed by atoms with Gasteiger partial charge in [-0.25, -0.2) is 0 Å². The van der Waals surface area contributed by atoms with Crippen molar-refractivity contribution in [3.05, 3.63) is 176 Å². The predicted octanol–water partition coefficient (Wildman–Crippen LogP) is 11.3. The molecule has 7 heterocycles. The summed E-state index contributed by atoms with van der Waals surface area (Å²) in [5.74, 6) is -1.47. The SMILES string of the molecule is C.C.C1CN1.CC(=O)OC1CCc2c3c(n(C(C)=O)c21)C(=O)C(N1CC1)=C(C)C3=O.CC1=CC(=O)c2[nH]c3c(c2C1=O)CCC3O.COC1CCc2c1[nH]c1c2C(=O)C(C)=CC1=O.Cc1ccc2[nH]c3c(c2c1)CCC3=O.Cc1ccc2[nH]c3c(c2c1[N+](=O)[O-])CCC3O.[2H]PC. The normalized spacial score (nSPS) is 20.0. The monoisotopic (exact) mass is 1330 g/mol. The number of benzene rings is 2. The number of nitro benzene ring substituents is 1. The number of Topliss-reactive ketones (excluding diaryl/α,β-unsaturated/α-hetero) is 5. The summed E-state index contributed by atoms with van der Waals surface area (Å²) in [7, 11) is 1.98. The molecule has 506 valence electrons. The number of hydrogen-bond acceptors (Lipinski definition) is 17. The first-order valence-electron chi connectivity index (χ1n) is 32.0. The van der Waals surface area contributed by atoms with Gasteiger partial charge in [-0.2, -0.15) is 0 Å². The van der Waals surface area contributed by atoms with Gasteiger partial charge in [-0.3, -0.25) is 57.8 Å². The number of ketones is 7. The minimum atomic E-state index is -0.604. The third kappa shape index (κ3) is 12.8. The zero-order valence-corrected chi connectivity index (χ0v) is 54.8. The predicted molar refractivity (Wildman–Crippen MR) is 365 cm³/mol. The van der Waals surface area contributed by atoms with Crippen molar-refractivity contribution in [2.75, 3.05) is 40.0 Å². The first-order chi connectivity index (χ1) is 45.3. The van der Waals surface area contributed by atoms with E-state index < -0.39 is 24.3 Å². The van der Waals surface area contributed by atoms with Crippen LogP contribution >= 0.6 is 9.18 Å². The maximum absolute atomic E-state index is 13.1. The standard InChI is InChI=1S/C18H18N2O5.C13H13NO3.C12H12N2O3.C12H11NO3.C12H11NO.C2H5N.CH5P.2CH4/c1-8-14(19-6-7-19)18(24)16-13(17(8)23)11-4-5-12(25-10(3)22)15(11)20(16)9(2)21;1-6-5-8(15)12-10(13(6)16)7-3-4-9(17-2)11(7)14-12;1-6-2-4-8-10(12(6)14(16)17)7-3-5-9(15)11(7)13-8;1-5-4-8(15)11-9(12(5)16)6-2-3-7(14)10(6)13-11;1-7-2-4-10-9(6-7)8-3-5-11(14)12(8)13-10;1-2-3-1;1-2;;/h12H,4-7H2,1-3H3;5,9,14H,3-4H2,1-2H3;2,4,9,13,15H,3,5H2,1H3;4,7,13-14H,2-3H2,1H3;2,4,6,13H,3,5H2,1H3;3H,1-2H2;2H2,1H3;2*1H4/i;;;;;;2D;;. The molecule has 0 bridgehead atoms. The Bertz CT molecular complexity index is 4580. The number of carbonyl (C=O) groups is 9. The van der Waals surface area contributed by atoms with Crippen molar-refractivity contribution in [3.8, 4) is 0 Å². The topological polar surface area (TPSA) is 349 Å². The molecule has 10 aliphatic rings. The average Bonchev–Trinajstić information content (AvgIpc) is 1.57. The second-order valence-electron chi connectivity index (χ2n) is 24.8. The van der Waals surface area contributed by atoms with Gasteiger partial charge in [0.1, 0.15) is 11.8 Å². The number of H-pyrrole nitrogens is 4. The van der Waals surface area contributed by atoms with E-state index in [9.17, 15) is 63.5 Å². The number of esters is 1. The second-order valence-corrected chi connectivity index (χ2v) is 24.8. The van der Waals surface area contributed by atoms with Crippen molar-refractivity contribution in [1.29, 1.82) is 1.28 Å². The first-order valence-corrected chi connectivity index (χ1v) is 32.5. The Balaban J connectivity index is 0.000000140. The molecule has 0 saturated carbocycles. The van der Waals surface area contributed by atoms with Gasteiger partial charge in [0.25, 0.3) is 5.69 Å². The van der Waals surface area contributed by atoms with E-state index in [0.717, 1.165) is 77.2 Å². The fraction of sp³-hybridized carbons (Fsp3) is 0.403. The lowest BCUT2D eigenvalue weighted by molar-refractivity contribution is -0.383. The molecular weight excluding hydrogens is 1250 g/mol. The minimum Gasteiger partial charge on any atom is -0.456 e. The highest BCUT2D eigenvalue weighted by Gasteiger charge is 2.46. The molecule has 2 aliphatic heterocycles. The number of nitro groups is 1. The van der Waals surface area contributed by atoms with E-state index in [-0.39, 0.29) is 83.7 Å². The van der Waals surface area contributed by atoms with Crippen LogP contribution in [0.25, 0.3) is 21.8 Å². The number of hydrogen-bond donors (Lipinski definition) is 7. The lowest BCUT2D eigenvalue weighted by Gasteiger charge is -2.20. The molecule has 8 aliphatic carbocycles. The molecule has 5 atom stereocenters. The van der Waals surface area contributed by atoms with E-state index in [4.69, 9.17) is 10.8 Å². The van der Waals surface area contributed by atoms with Crippen LogP contribution in [0.2, 0.25) is 0 Å². The lowest BCUT2D eigenvalue weighted by atomic mass is 9.89. The number of ether oxygens (including phenoxy) is 2. The van der Waals surface area contributed by atoms with Gasteiger partial charge in [-0.05, 0) is 151 Å². The molecule has 96 heavy (non-hydrogen) atoms. The third-order valence-electron chi connectivity index (χ3n) is 18.6. The van der Waals surface area contributed by atoms with Crippen LogP contribution in [0.1, 0.15) is 246 Å².